The Kier molecular flexibility index (Phi) is 4.48. The highest BCUT2D eigenvalue weighted by Gasteiger charge is 2.13. The molecule has 1 fully saturated rings. The monoisotopic (exact) mass is 231 g/mol. The third-order valence-electron chi connectivity index (χ3n) is 3.09. The Balaban J connectivity index is 1.72. The molecule has 17 heavy (non-hydrogen) atoms. The third kappa shape index (κ3) is 3.52. The molecule has 1 saturated heterocycles. The summed E-state index contributed by atoms with van der Waals surface area (Å²) in [7, 11) is 0. The van der Waals surface area contributed by atoms with Gasteiger partial charge in [-0.15, -0.1) is 0 Å². The van der Waals surface area contributed by atoms with E-state index >= 15 is 0 Å². The second kappa shape index (κ2) is 6.33. The van der Waals surface area contributed by atoms with Crippen LogP contribution in [0.15, 0.2) is 18.3 Å². The summed E-state index contributed by atoms with van der Waals surface area (Å²) >= 11 is 0. The second-order valence-corrected chi connectivity index (χ2v) is 4.32. The molecule has 1 aliphatic rings. The van der Waals surface area contributed by atoms with Crippen molar-refractivity contribution in [3.63, 3.8) is 0 Å². The molecule has 0 aromatic carbocycles. The van der Waals surface area contributed by atoms with Crippen molar-refractivity contribution in [1.29, 1.82) is 5.26 Å². The lowest BCUT2D eigenvalue weighted by atomic mass is 10.1. The van der Waals surface area contributed by atoms with Gasteiger partial charge in [0.05, 0.1) is 6.61 Å². The zero-order chi connectivity index (χ0) is 11.9. The first-order valence-corrected chi connectivity index (χ1v) is 6.02. The normalized spacial score (nSPS) is 19.1. The van der Waals surface area contributed by atoms with Crippen LogP contribution in [0.1, 0.15) is 24.1 Å². The molecule has 1 aromatic rings. The van der Waals surface area contributed by atoms with E-state index in [1.807, 2.05) is 12.1 Å². The van der Waals surface area contributed by atoms with E-state index in [9.17, 15) is 0 Å². The summed E-state index contributed by atoms with van der Waals surface area (Å²) in [6.45, 7) is 3.48. The Bertz CT molecular complexity index is 394. The molecular formula is C13H17N3O. The number of ether oxygens (including phenoxy) is 1. The summed E-state index contributed by atoms with van der Waals surface area (Å²) in [6.07, 6.45) is 3.97. The lowest BCUT2D eigenvalue weighted by molar-refractivity contribution is 0.109. The van der Waals surface area contributed by atoms with E-state index in [-0.39, 0.29) is 0 Å². The average molecular weight is 231 g/mol. The lowest BCUT2D eigenvalue weighted by Crippen LogP contribution is -2.11. The first kappa shape index (κ1) is 12.0. The third-order valence-corrected chi connectivity index (χ3v) is 3.09. The molecule has 0 bridgehead atoms. The summed E-state index contributed by atoms with van der Waals surface area (Å²) in [4.78, 5) is 4.00. The Hall–Kier alpha value is -1.44. The van der Waals surface area contributed by atoms with Gasteiger partial charge in [0.2, 0.25) is 0 Å². The van der Waals surface area contributed by atoms with Crippen molar-refractivity contribution >= 4 is 0 Å². The summed E-state index contributed by atoms with van der Waals surface area (Å²) < 4.78 is 5.61. The van der Waals surface area contributed by atoms with Crippen LogP contribution in [0.5, 0.6) is 0 Å². The molecule has 0 amide bonds. The van der Waals surface area contributed by atoms with Gasteiger partial charge in [-0.05, 0) is 37.9 Å². The fraction of sp³-hybridized carbons (Fsp3) is 0.538. The molecule has 0 radical (unpaired) electrons. The molecular weight excluding hydrogens is 214 g/mol. The summed E-state index contributed by atoms with van der Waals surface area (Å²) in [5, 5.41) is 12.2. The van der Waals surface area contributed by atoms with Crippen LogP contribution in [-0.4, -0.2) is 24.7 Å². The zero-order valence-electron chi connectivity index (χ0n) is 9.85. The van der Waals surface area contributed by atoms with Crippen molar-refractivity contribution in [2.24, 2.45) is 5.92 Å². The van der Waals surface area contributed by atoms with Crippen molar-refractivity contribution in [3.05, 3.63) is 29.6 Å². The minimum Gasteiger partial charge on any atom is -0.377 e. The van der Waals surface area contributed by atoms with Crippen molar-refractivity contribution in [3.8, 4) is 6.07 Å². The van der Waals surface area contributed by atoms with Crippen LogP contribution in [0.4, 0.5) is 0 Å². The van der Waals surface area contributed by atoms with Crippen molar-refractivity contribution < 1.29 is 4.74 Å². The van der Waals surface area contributed by atoms with E-state index in [1.54, 1.807) is 6.20 Å². The van der Waals surface area contributed by atoms with E-state index in [0.29, 0.717) is 12.3 Å². The number of aromatic nitrogens is 1. The van der Waals surface area contributed by atoms with Crippen LogP contribution in [0.2, 0.25) is 0 Å². The minimum atomic E-state index is 0.468. The number of hydrogen-bond acceptors (Lipinski definition) is 4. The van der Waals surface area contributed by atoms with E-state index in [2.05, 4.69) is 16.4 Å². The molecule has 2 heterocycles. The molecule has 0 aliphatic carbocycles. The zero-order valence-corrected chi connectivity index (χ0v) is 9.85. The molecule has 0 saturated carbocycles. The van der Waals surface area contributed by atoms with Gasteiger partial charge in [-0.25, -0.2) is 4.98 Å². The van der Waals surface area contributed by atoms with Gasteiger partial charge in [-0.2, -0.15) is 5.26 Å². The molecule has 1 unspecified atom stereocenters. The molecule has 1 aliphatic heterocycles. The standard InChI is InChI=1S/C13H17N3O/c14-8-13-12(2-1-5-16-13)10-17-7-4-11-3-6-15-9-11/h1-2,5,11,15H,3-4,6-7,9-10H2. The van der Waals surface area contributed by atoms with Gasteiger partial charge >= 0.3 is 0 Å². The van der Waals surface area contributed by atoms with Crippen molar-refractivity contribution in [1.82, 2.24) is 10.3 Å². The quantitative estimate of drug-likeness (QED) is 0.780. The van der Waals surface area contributed by atoms with Crippen LogP contribution in [0, 0.1) is 17.2 Å². The van der Waals surface area contributed by atoms with E-state index in [0.717, 1.165) is 37.6 Å². The predicted octanol–water partition coefficient (Wildman–Crippen LogP) is 1.47. The molecule has 4 heteroatoms. The Morgan fingerprint density at radius 3 is 3.29 bits per heavy atom. The largest absolute Gasteiger partial charge is 0.377 e. The van der Waals surface area contributed by atoms with Crippen LogP contribution in [-0.2, 0) is 11.3 Å². The van der Waals surface area contributed by atoms with Crippen molar-refractivity contribution in [2.45, 2.75) is 19.4 Å². The molecule has 1 N–H and O–H groups in total. The molecule has 2 rings (SSSR count). The van der Waals surface area contributed by atoms with Gasteiger partial charge in [0.15, 0.2) is 0 Å². The highest BCUT2D eigenvalue weighted by molar-refractivity contribution is 5.29. The summed E-state index contributed by atoms with van der Waals surface area (Å²) in [5.41, 5.74) is 1.34. The number of hydrogen-bond donors (Lipinski definition) is 1. The molecule has 1 aromatic heterocycles. The highest BCUT2D eigenvalue weighted by Crippen LogP contribution is 2.13. The first-order chi connectivity index (χ1) is 8.40. The van der Waals surface area contributed by atoms with Crippen LogP contribution < -0.4 is 5.32 Å². The van der Waals surface area contributed by atoms with Crippen LogP contribution >= 0.6 is 0 Å². The first-order valence-electron chi connectivity index (χ1n) is 6.02. The SMILES string of the molecule is N#Cc1ncccc1COCCC1CCNC1. The van der Waals surface area contributed by atoms with Gasteiger partial charge in [-0.3, -0.25) is 0 Å². The number of nitrogens with zero attached hydrogens (tertiary/aromatic N) is 2. The number of pyridine rings is 1. The maximum absolute atomic E-state index is 8.87. The van der Waals surface area contributed by atoms with Gasteiger partial charge in [-0.1, -0.05) is 6.07 Å². The Morgan fingerprint density at radius 1 is 1.59 bits per heavy atom. The fourth-order valence-electron chi connectivity index (χ4n) is 2.05. The van der Waals surface area contributed by atoms with E-state index in [4.69, 9.17) is 10.00 Å². The highest BCUT2D eigenvalue weighted by atomic mass is 16.5. The Morgan fingerprint density at radius 2 is 2.53 bits per heavy atom. The lowest BCUT2D eigenvalue weighted by Gasteiger charge is -2.09. The maximum atomic E-state index is 8.87. The van der Waals surface area contributed by atoms with Crippen LogP contribution in [0.25, 0.3) is 0 Å². The van der Waals surface area contributed by atoms with Gasteiger partial charge in [0.1, 0.15) is 11.8 Å². The smallest absolute Gasteiger partial charge is 0.145 e. The molecule has 1 atom stereocenters. The fourth-order valence-corrected chi connectivity index (χ4v) is 2.05. The predicted molar refractivity (Wildman–Crippen MR) is 64.2 cm³/mol. The summed E-state index contributed by atoms with van der Waals surface area (Å²) in [5.74, 6) is 0.749. The topological polar surface area (TPSA) is 57.9 Å². The number of nitriles is 1. The molecule has 0 spiro atoms. The van der Waals surface area contributed by atoms with Crippen molar-refractivity contribution in [2.75, 3.05) is 19.7 Å². The number of rotatable bonds is 5. The number of nitrogens with one attached hydrogen (secondary N) is 1. The average Bonchev–Trinajstić information content (AvgIpc) is 2.88. The van der Waals surface area contributed by atoms with E-state index in [1.165, 1.54) is 6.42 Å². The Labute approximate surface area is 102 Å². The van der Waals surface area contributed by atoms with Gasteiger partial charge in [0, 0.05) is 18.4 Å². The molecule has 4 nitrogen and oxygen atoms in total. The van der Waals surface area contributed by atoms with Gasteiger partial charge < -0.3 is 10.1 Å². The maximum Gasteiger partial charge on any atom is 0.145 e. The summed E-state index contributed by atoms with van der Waals surface area (Å²) in [6, 6.07) is 5.80. The second-order valence-electron chi connectivity index (χ2n) is 4.32. The van der Waals surface area contributed by atoms with Crippen LogP contribution in [0.3, 0.4) is 0 Å². The van der Waals surface area contributed by atoms with Gasteiger partial charge in [0.25, 0.3) is 0 Å². The van der Waals surface area contributed by atoms with E-state index < -0.39 is 0 Å². The minimum absolute atomic E-state index is 0.468. The molecule has 90 valence electrons.